The zero-order chi connectivity index (χ0) is 8.43. The smallest absolute Gasteiger partial charge is 0.188 e. The minimum Gasteiger partial charge on any atom is -0.188 e. The van der Waals surface area contributed by atoms with Crippen LogP contribution in [0.5, 0.6) is 0 Å². The second-order valence-corrected chi connectivity index (χ2v) is 2.20. The molecule has 1 heterocycles. The zero-order valence-corrected chi connectivity index (χ0v) is 6.38. The fraction of sp³-hybridized carbons (Fsp3) is 0.667. The van der Waals surface area contributed by atoms with E-state index in [1.165, 1.54) is 0 Å². The summed E-state index contributed by atoms with van der Waals surface area (Å²) in [4.78, 5) is 0. The Bertz CT molecular complexity index is 244. The van der Waals surface area contributed by atoms with Crippen LogP contribution < -0.4 is 0 Å². The number of halogens is 2. The van der Waals surface area contributed by atoms with Crippen molar-refractivity contribution in [3.8, 4) is 0 Å². The van der Waals surface area contributed by atoms with E-state index >= 15 is 0 Å². The van der Waals surface area contributed by atoms with E-state index in [-0.39, 0.29) is 0 Å². The number of hydrogen-bond donors (Lipinski definition) is 0. The van der Waals surface area contributed by atoms with Crippen LogP contribution in [0, 0.1) is 6.92 Å². The molecule has 0 aliphatic rings. The van der Waals surface area contributed by atoms with Crippen molar-refractivity contribution in [3.63, 3.8) is 0 Å². The summed E-state index contributed by atoms with van der Waals surface area (Å²) in [6.45, 7) is 0.890. The lowest BCUT2D eigenvalue weighted by atomic mass is 10.3. The molecule has 0 spiro atoms. The van der Waals surface area contributed by atoms with Gasteiger partial charge in [0.2, 0.25) is 0 Å². The van der Waals surface area contributed by atoms with Gasteiger partial charge in [0.15, 0.2) is 0 Å². The lowest BCUT2D eigenvalue weighted by Gasteiger charge is -2.01. The Balaban J connectivity index is 3.05. The molecule has 1 aromatic heterocycles. The summed E-state index contributed by atoms with van der Waals surface area (Å²) in [5, 5.41) is 6.84. The summed E-state index contributed by atoms with van der Waals surface area (Å²) in [7, 11) is 0. The van der Waals surface area contributed by atoms with Gasteiger partial charge in [0.05, 0.1) is 11.4 Å². The Labute approximate surface area is 63.0 Å². The van der Waals surface area contributed by atoms with E-state index in [0.717, 1.165) is 0 Å². The van der Waals surface area contributed by atoms with Crippen molar-refractivity contribution in [1.29, 1.82) is 0 Å². The van der Waals surface area contributed by atoms with Gasteiger partial charge in [-0.1, -0.05) is 12.1 Å². The average molecular weight is 161 g/mol. The molecular formula is C6H9F2N3. The standard InChI is InChI=1S/C6H9F2N3/c1-3-5-4(2)9-10-11(5)6(7)8/h6H,3H2,1-2H3. The van der Waals surface area contributed by atoms with Crippen LogP contribution in [0.3, 0.4) is 0 Å². The predicted octanol–water partition coefficient (Wildman–Crippen LogP) is 1.54. The second kappa shape index (κ2) is 2.94. The van der Waals surface area contributed by atoms with E-state index in [9.17, 15) is 8.78 Å². The molecule has 0 saturated carbocycles. The molecule has 0 unspecified atom stereocenters. The van der Waals surface area contributed by atoms with Crippen molar-refractivity contribution >= 4 is 0 Å². The monoisotopic (exact) mass is 161 g/mol. The van der Waals surface area contributed by atoms with Crippen LogP contribution in [-0.4, -0.2) is 15.0 Å². The highest BCUT2D eigenvalue weighted by Crippen LogP contribution is 2.13. The Kier molecular flexibility index (Phi) is 2.16. The summed E-state index contributed by atoms with van der Waals surface area (Å²) in [6, 6.07) is 0. The van der Waals surface area contributed by atoms with Gasteiger partial charge in [-0.15, -0.1) is 5.10 Å². The molecule has 0 aliphatic heterocycles. The van der Waals surface area contributed by atoms with E-state index in [1.807, 2.05) is 0 Å². The van der Waals surface area contributed by atoms with Crippen molar-refractivity contribution in [3.05, 3.63) is 11.4 Å². The molecule has 1 aromatic rings. The van der Waals surface area contributed by atoms with E-state index in [2.05, 4.69) is 10.3 Å². The molecule has 1 rings (SSSR count). The number of aryl methyl sites for hydroxylation is 1. The van der Waals surface area contributed by atoms with Crippen LogP contribution in [0.15, 0.2) is 0 Å². The molecule has 0 amide bonds. The Morgan fingerprint density at radius 2 is 2.18 bits per heavy atom. The van der Waals surface area contributed by atoms with E-state index < -0.39 is 6.55 Å². The van der Waals surface area contributed by atoms with Crippen LogP contribution in [0.4, 0.5) is 8.78 Å². The van der Waals surface area contributed by atoms with Gasteiger partial charge in [-0.05, 0) is 13.3 Å². The number of hydrogen-bond acceptors (Lipinski definition) is 2. The number of nitrogens with zero attached hydrogens (tertiary/aromatic N) is 3. The van der Waals surface area contributed by atoms with E-state index in [1.54, 1.807) is 13.8 Å². The highest BCUT2D eigenvalue weighted by atomic mass is 19.3. The van der Waals surface area contributed by atoms with Gasteiger partial charge in [0.1, 0.15) is 0 Å². The normalized spacial score (nSPS) is 11.0. The number of rotatable bonds is 2. The van der Waals surface area contributed by atoms with Crippen molar-refractivity contribution in [2.45, 2.75) is 26.8 Å². The average Bonchev–Trinajstić information content (AvgIpc) is 2.30. The Morgan fingerprint density at radius 3 is 2.55 bits per heavy atom. The van der Waals surface area contributed by atoms with Gasteiger partial charge in [-0.2, -0.15) is 13.5 Å². The van der Waals surface area contributed by atoms with E-state index in [4.69, 9.17) is 0 Å². The predicted molar refractivity (Wildman–Crippen MR) is 35.4 cm³/mol. The van der Waals surface area contributed by atoms with Gasteiger partial charge in [-0.3, -0.25) is 0 Å². The molecule has 0 aliphatic carbocycles. The molecule has 3 nitrogen and oxygen atoms in total. The first-order chi connectivity index (χ1) is 5.16. The summed E-state index contributed by atoms with van der Waals surface area (Å²) in [5.74, 6) is 0. The number of alkyl halides is 2. The minimum absolute atomic E-state index is 0.500. The maximum atomic E-state index is 12.1. The lowest BCUT2D eigenvalue weighted by molar-refractivity contribution is 0.0516. The van der Waals surface area contributed by atoms with Gasteiger partial charge >= 0.3 is 6.55 Å². The minimum atomic E-state index is -2.58. The lowest BCUT2D eigenvalue weighted by Crippen LogP contribution is -2.05. The molecule has 0 N–H and O–H groups in total. The van der Waals surface area contributed by atoms with Gasteiger partial charge in [0, 0.05) is 0 Å². The number of aromatic nitrogens is 3. The molecular weight excluding hydrogens is 152 g/mol. The summed E-state index contributed by atoms with van der Waals surface area (Å²) >= 11 is 0. The Hall–Kier alpha value is -1.00. The second-order valence-electron chi connectivity index (χ2n) is 2.20. The van der Waals surface area contributed by atoms with Crippen LogP contribution in [0.2, 0.25) is 0 Å². The van der Waals surface area contributed by atoms with Crippen molar-refractivity contribution in [2.75, 3.05) is 0 Å². The summed E-state index contributed by atoms with van der Waals surface area (Å²) in [5.41, 5.74) is 1.08. The van der Waals surface area contributed by atoms with Crippen molar-refractivity contribution < 1.29 is 8.78 Å². The molecule has 0 radical (unpaired) electrons. The molecule has 0 atom stereocenters. The SMILES string of the molecule is CCc1c(C)nnn1C(F)F. The van der Waals surface area contributed by atoms with Crippen molar-refractivity contribution in [1.82, 2.24) is 15.0 Å². The highest BCUT2D eigenvalue weighted by Gasteiger charge is 2.13. The van der Waals surface area contributed by atoms with E-state index in [0.29, 0.717) is 22.5 Å². The summed E-state index contributed by atoms with van der Waals surface area (Å²) in [6.07, 6.45) is 0.531. The maximum absolute atomic E-state index is 12.1. The third-order valence-corrected chi connectivity index (χ3v) is 1.51. The van der Waals surface area contributed by atoms with Gasteiger partial charge < -0.3 is 0 Å². The highest BCUT2D eigenvalue weighted by molar-refractivity contribution is 5.07. The first kappa shape index (κ1) is 8.10. The fourth-order valence-corrected chi connectivity index (χ4v) is 0.967. The fourth-order valence-electron chi connectivity index (χ4n) is 0.967. The molecule has 0 saturated heterocycles. The van der Waals surface area contributed by atoms with Crippen LogP contribution >= 0.6 is 0 Å². The summed E-state index contributed by atoms with van der Waals surface area (Å²) < 4.78 is 24.8. The van der Waals surface area contributed by atoms with Gasteiger partial charge in [-0.25, -0.2) is 0 Å². The molecule has 0 fully saturated rings. The topological polar surface area (TPSA) is 30.7 Å². The molecule has 0 aromatic carbocycles. The maximum Gasteiger partial charge on any atom is 0.334 e. The first-order valence-electron chi connectivity index (χ1n) is 3.35. The van der Waals surface area contributed by atoms with Crippen LogP contribution in [0.25, 0.3) is 0 Å². The molecule has 62 valence electrons. The van der Waals surface area contributed by atoms with Gasteiger partial charge in [0.25, 0.3) is 0 Å². The third kappa shape index (κ3) is 1.36. The first-order valence-corrected chi connectivity index (χ1v) is 3.35. The van der Waals surface area contributed by atoms with Crippen molar-refractivity contribution in [2.24, 2.45) is 0 Å². The third-order valence-electron chi connectivity index (χ3n) is 1.51. The Morgan fingerprint density at radius 1 is 1.55 bits per heavy atom. The van der Waals surface area contributed by atoms with Crippen LogP contribution in [0.1, 0.15) is 24.9 Å². The molecule has 5 heteroatoms. The largest absolute Gasteiger partial charge is 0.334 e. The quantitative estimate of drug-likeness (QED) is 0.658. The zero-order valence-electron chi connectivity index (χ0n) is 6.38. The molecule has 0 bridgehead atoms. The van der Waals surface area contributed by atoms with Crippen LogP contribution in [-0.2, 0) is 6.42 Å². The molecule has 11 heavy (non-hydrogen) atoms.